The summed E-state index contributed by atoms with van der Waals surface area (Å²) >= 11 is 0. The molecule has 2 aromatic rings. The fourth-order valence-electron chi connectivity index (χ4n) is 3.32. The predicted molar refractivity (Wildman–Crippen MR) is 77.4 cm³/mol. The van der Waals surface area contributed by atoms with Crippen molar-refractivity contribution in [2.75, 3.05) is 0 Å². The molecule has 0 atom stereocenters. The second-order valence-electron chi connectivity index (χ2n) is 5.54. The lowest BCUT2D eigenvalue weighted by Gasteiger charge is -2.15. The van der Waals surface area contributed by atoms with Gasteiger partial charge in [-0.05, 0) is 41.7 Å². The molecular weight excluding hydrogens is 251 g/mol. The third-order valence-electron chi connectivity index (χ3n) is 4.21. The highest BCUT2D eigenvalue weighted by Crippen LogP contribution is 2.42. The molecule has 2 aliphatic rings. The second kappa shape index (κ2) is 3.89. The number of ketones is 1. The fourth-order valence-corrected chi connectivity index (χ4v) is 3.32. The number of hydrogen-bond donors (Lipinski definition) is 0. The zero-order chi connectivity index (χ0) is 13.9. The Hall–Kier alpha value is -2.22. The summed E-state index contributed by atoms with van der Waals surface area (Å²) < 4.78 is 14.3. The third-order valence-corrected chi connectivity index (χ3v) is 4.21. The highest BCUT2D eigenvalue weighted by Gasteiger charge is 2.28. The van der Waals surface area contributed by atoms with Gasteiger partial charge >= 0.3 is 0 Å². The summed E-state index contributed by atoms with van der Waals surface area (Å²) in [5, 5.41) is 0. The van der Waals surface area contributed by atoms with E-state index in [-0.39, 0.29) is 11.6 Å². The summed E-state index contributed by atoms with van der Waals surface area (Å²) in [4.78, 5) is 12.2. The highest BCUT2D eigenvalue weighted by atomic mass is 19.1. The van der Waals surface area contributed by atoms with Gasteiger partial charge in [-0.3, -0.25) is 4.79 Å². The average Bonchev–Trinajstić information content (AvgIpc) is 2.76. The van der Waals surface area contributed by atoms with Crippen molar-refractivity contribution in [3.63, 3.8) is 0 Å². The Morgan fingerprint density at radius 1 is 1.15 bits per heavy atom. The first kappa shape index (κ1) is 11.6. The van der Waals surface area contributed by atoms with Crippen LogP contribution >= 0.6 is 0 Å². The number of aryl methyl sites for hydroxylation is 1. The van der Waals surface area contributed by atoms with Gasteiger partial charge in [0.2, 0.25) is 0 Å². The molecule has 20 heavy (non-hydrogen) atoms. The monoisotopic (exact) mass is 264 g/mol. The molecule has 0 unspecified atom stereocenters. The molecule has 0 N–H and O–H groups in total. The van der Waals surface area contributed by atoms with Crippen LogP contribution in [0.4, 0.5) is 4.39 Å². The van der Waals surface area contributed by atoms with Gasteiger partial charge in [-0.15, -0.1) is 0 Å². The van der Waals surface area contributed by atoms with Gasteiger partial charge < -0.3 is 0 Å². The third kappa shape index (κ3) is 1.45. The van der Waals surface area contributed by atoms with Crippen molar-refractivity contribution < 1.29 is 9.18 Å². The maximum atomic E-state index is 14.3. The van der Waals surface area contributed by atoms with Crippen LogP contribution in [0, 0.1) is 12.7 Å². The van der Waals surface area contributed by atoms with Gasteiger partial charge in [0.25, 0.3) is 0 Å². The van der Waals surface area contributed by atoms with E-state index >= 15 is 0 Å². The van der Waals surface area contributed by atoms with E-state index in [1.54, 1.807) is 18.2 Å². The molecule has 0 amide bonds. The van der Waals surface area contributed by atoms with Crippen molar-refractivity contribution in [3.05, 3.63) is 64.0 Å². The minimum Gasteiger partial charge on any atom is -0.294 e. The van der Waals surface area contributed by atoms with E-state index in [9.17, 15) is 9.18 Å². The van der Waals surface area contributed by atoms with Gasteiger partial charge in [-0.25, -0.2) is 4.39 Å². The number of carbonyl (C=O) groups excluding carboxylic acids is 1. The molecule has 0 saturated carbocycles. The Morgan fingerprint density at radius 3 is 2.85 bits per heavy atom. The van der Waals surface area contributed by atoms with E-state index in [4.69, 9.17) is 0 Å². The molecule has 98 valence electrons. The molecular formula is C18H13FO. The number of Topliss-reactive ketones (excluding diaryl/α,β-unsaturated/α-hetero) is 1. The van der Waals surface area contributed by atoms with Gasteiger partial charge in [-0.1, -0.05) is 35.9 Å². The van der Waals surface area contributed by atoms with E-state index in [0.717, 1.165) is 23.1 Å². The molecule has 1 nitrogen and oxygen atoms in total. The lowest BCUT2D eigenvalue weighted by molar-refractivity contribution is 0.0993. The molecule has 4 rings (SSSR count). The summed E-state index contributed by atoms with van der Waals surface area (Å²) in [5.74, 6) is -0.265. The quantitative estimate of drug-likeness (QED) is 0.591. The number of fused-ring (bicyclic) bond motifs is 5. The van der Waals surface area contributed by atoms with Gasteiger partial charge in [0.15, 0.2) is 5.78 Å². The molecule has 0 saturated heterocycles. The lowest BCUT2D eigenvalue weighted by Crippen LogP contribution is -2.10. The number of hydrogen-bond acceptors (Lipinski definition) is 1. The smallest absolute Gasteiger partial charge is 0.167 e. The van der Waals surface area contributed by atoms with Crippen molar-refractivity contribution in [2.24, 2.45) is 0 Å². The molecule has 0 bridgehead atoms. The molecule has 2 aliphatic carbocycles. The number of benzene rings is 2. The van der Waals surface area contributed by atoms with Crippen molar-refractivity contribution in [1.82, 2.24) is 0 Å². The van der Waals surface area contributed by atoms with Crippen LogP contribution in [0.25, 0.3) is 17.2 Å². The maximum absolute atomic E-state index is 14.3. The van der Waals surface area contributed by atoms with E-state index in [0.29, 0.717) is 17.5 Å². The van der Waals surface area contributed by atoms with Crippen LogP contribution in [0.15, 0.2) is 30.3 Å². The first-order chi connectivity index (χ1) is 9.65. The van der Waals surface area contributed by atoms with Gasteiger partial charge in [0.05, 0.1) is 0 Å². The van der Waals surface area contributed by atoms with Gasteiger partial charge in [0.1, 0.15) is 5.82 Å². The van der Waals surface area contributed by atoms with E-state index < -0.39 is 0 Å². The Balaban J connectivity index is 2.05. The number of allylic oxidation sites excluding steroid dienone is 1. The van der Waals surface area contributed by atoms with Gasteiger partial charge in [0, 0.05) is 17.5 Å². The minimum absolute atomic E-state index is 0.0304. The van der Waals surface area contributed by atoms with Crippen LogP contribution in [0.1, 0.15) is 39.0 Å². The lowest BCUT2D eigenvalue weighted by atomic mass is 9.88. The first-order valence-corrected chi connectivity index (χ1v) is 6.80. The second-order valence-corrected chi connectivity index (χ2v) is 5.54. The van der Waals surface area contributed by atoms with E-state index in [2.05, 4.69) is 6.07 Å². The first-order valence-electron chi connectivity index (χ1n) is 6.80. The summed E-state index contributed by atoms with van der Waals surface area (Å²) in [6.07, 6.45) is 4.58. The average molecular weight is 264 g/mol. The standard InChI is InChI=1S/C18H13FO/c1-10-5-6-12-11(7-10)8-15-14(12)9-16(19)13-3-2-4-17(20)18(13)15/h2-3,5-7,9H,4,8H2,1H3. The molecule has 0 aliphatic heterocycles. The normalized spacial score (nSPS) is 15.0. The zero-order valence-corrected chi connectivity index (χ0v) is 11.2. The fraction of sp³-hybridized carbons (Fsp3) is 0.167. The molecule has 0 aromatic heterocycles. The topological polar surface area (TPSA) is 17.1 Å². The predicted octanol–water partition coefficient (Wildman–Crippen LogP) is 4.30. The van der Waals surface area contributed by atoms with Gasteiger partial charge in [-0.2, -0.15) is 0 Å². The summed E-state index contributed by atoms with van der Waals surface area (Å²) in [6.45, 7) is 2.05. The maximum Gasteiger partial charge on any atom is 0.167 e. The molecule has 0 radical (unpaired) electrons. The zero-order valence-electron chi connectivity index (χ0n) is 11.2. The molecule has 0 spiro atoms. The van der Waals surface area contributed by atoms with Crippen LogP contribution in [0.2, 0.25) is 0 Å². The Bertz CT molecular complexity index is 800. The molecule has 2 aromatic carbocycles. The SMILES string of the molecule is Cc1ccc2c(c1)Cc1c-2cc(F)c2c1C(=O)CC=C2. The van der Waals surface area contributed by atoms with Crippen LogP contribution in [-0.4, -0.2) is 5.78 Å². The molecule has 0 heterocycles. The Kier molecular flexibility index (Phi) is 2.25. The van der Waals surface area contributed by atoms with Crippen molar-refractivity contribution in [3.8, 4) is 11.1 Å². The minimum atomic E-state index is -0.295. The van der Waals surface area contributed by atoms with Crippen LogP contribution in [-0.2, 0) is 6.42 Å². The van der Waals surface area contributed by atoms with Crippen LogP contribution < -0.4 is 0 Å². The van der Waals surface area contributed by atoms with E-state index in [1.807, 2.05) is 19.1 Å². The van der Waals surface area contributed by atoms with Crippen LogP contribution in [0.5, 0.6) is 0 Å². The highest BCUT2D eigenvalue weighted by molar-refractivity contribution is 6.06. The number of carbonyl (C=O) groups is 1. The molecule has 0 fully saturated rings. The van der Waals surface area contributed by atoms with Crippen molar-refractivity contribution in [1.29, 1.82) is 0 Å². The largest absolute Gasteiger partial charge is 0.294 e. The van der Waals surface area contributed by atoms with Crippen LogP contribution in [0.3, 0.4) is 0 Å². The summed E-state index contributed by atoms with van der Waals surface area (Å²) in [7, 11) is 0. The summed E-state index contributed by atoms with van der Waals surface area (Å²) in [5.41, 5.74) is 6.39. The van der Waals surface area contributed by atoms with E-state index in [1.165, 1.54) is 11.1 Å². The Morgan fingerprint density at radius 2 is 2.00 bits per heavy atom. The van der Waals surface area contributed by atoms with Crippen molar-refractivity contribution in [2.45, 2.75) is 19.8 Å². The number of rotatable bonds is 0. The number of halogens is 1. The van der Waals surface area contributed by atoms with Crippen molar-refractivity contribution >= 4 is 11.9 Å². The summed E-state index contributed by atoms with van der Waals surface area (Å²) in [6, 6.07) is 7.78. The Labute approximate surface area is 116 Å². The molecule has 2 heteroatoms.